The maximum absolute atomic E-state index is 11.2. The van der Waals surface area contributed by atoms with Crippen LogP contribution in [-0.2, 0) is 9.53 Å². The molecule has 0 saturated carbocycles. The Morgan fingerprint density at radius 3 is 2.75 bits per heavy atom. The highest BCUT2D eigenvalue weighted by atomic mass is 79.9. The third-order valence-electron chi connectivity index (χ3n) is 2.13. The standard InChI is InChI=1S/C11H13Br2NO2/c1-7(11(15)16-2)6-14-10-4-3-8(12)5-9(10)13/h3-5,7,14H,6H2,1-2H3. The van der Waals surface area contributed by atoms with Gasteiger partial charge < -0.3 is 10.1 Å². The number of nitrogens with one attached hydrogen (secondary N) is 1. The molecule has 3 nitrogen and oxygen atoms in total. The van der Waals surface area contributed by atoms with Crippen LogP contribution >= 0.6 is 31.9 Å². The van der Waals surface area contributed by atoms with Gasteiger partial charge in [-0.25, -0.2) is 0 Å². The number of halogens is 2. The monoisotopic (exact) mass is 349 g/mol. The zero-order valence-corrected chi connectivity index (χ0v) is 12.3. The zero-order chi connectivity index (χ0) is 12.1. The summed E-state index contributed by atoms with van der Waals surface area (Å²) in [6, 6.07) is 5.83. The molecule has 0 bridgehead atoms. The Labute approximate surface area is 112 Å². The molecule has 1 unspecified atom stereocenters. The van der Waals surface area contributed by atoms with Crippen LogP contribution in [0.5, 0.6) is 0 Å². The molecule has 0 amide bonds. The minimum Gasteiger partial charge on any atom is -0.469 e. The average molecular weight is 351 g/mol. The number of anilines is 1. The van der Waals surface area contributed by atoms with E-state index in [1.807, 2.05) is 25.1 Å². The van der Waals surface area contributed by atoms with Gasteiger partial charge in [-0.1, -0.05) is 22.9 Å². The van der Waals surface area contributed by atoms with Crippen molar-refractivity contribution in [2.45, 2.75) is 6.92 Å². The van der Waals surface area contributed by atoms with Crippen LogP contribution in [0.4, 0.5) is 5.69 Å². The van der Waals surface area contributed by atoms with E-state index in [9.17, 15) is 4.79 Å². The van der Waals surface area contributed by atoms with E-state index in [-0.39, 0.29) is 11.9 Å². The second-order valence-corrected chi connectivity index (χ2v) is 5.20. The lowest BCUT2D eigenvalue weighted by Gasteiger charge is -2.12. The number of hydrogen-bond acceptors (Lipinski definition) is 3. The number of benzene rings is 1. The predicted octanol–water partition coefficient (Wildman–Crippen LogP) is 3.43. The number of esters is 1. The molecule has 1 aromatic rings. The molecule has 88 valence electrons. The van der Waals surface area contributed by atoms with E-state index in [2.05, 4.69) is 41.9 Å². The third kappa shape index (κ3) is 3.79. The van der Waals surface area contributed by atoms with E-state index in [1.54, 1.807) is 0 Å². The van der Waals surface area contributed by atoms with Gasteiger partial charge in [0.05, 0.1) is 13.0 Å². The second kappa shape index (κ2) is 6.25. The predicted molar refractivity (Wildman–Crippen MR) is 71.5 cm³/mol. The lowest BCUT2D eigenvalue weighted by molar-refractivity contribution is -0.144. The van der Waals surface area contributed by atoms with Crippen molar-refractivity contribution >= 4 is 43.5 Å². The maximum atomic E-state index is 11.2. The largest absolute Gasteiger partial charge is 0.469 e. The molecule has 5 heteroatoms. The lowest BCUT2D eigenvalue weighted by atomic mass is 10.2. The lowest BCUT2D eigenvalue weighted by Crippen LogP contribution is -2.21. The molecule has 0 aliphatic rings. The van der Waals surface area contributed by atoms with Crippen LogP contribution in [0.1, 0.15) is 6.92 Å². The Balaban J connectivity index is 2.58. The summed E-state index contributed by atoms with van der Waals surface area (Å²) < 4.78 is 6.61. The van der Waals surface area contributed by atoms with Crippen molar-refractivity contribution in [1.29, 1.82) is 0 Å². The highest BCUT2D eigenvalue weighted by Crippen LogP contribution is 2.26. The number of carbonyl (C=O) groups excluding carboxylic acids is 1. The summed E-state index contributed by atoms with van der Waals surface area (Å²) in [4.78, 5) is 11.2. The maximum Gasteiger partial charge on any atom is 0.310 e. The first-order valence-electron chi connectivity index (χ1n) is 4.81. The zero-order valence-electron chi connectivity index (χ0n) is 9.09. The topological polar surface area (TPSA) is 38.3 Å². The van der Waals surface area contributed by atoms with Crippen molar-refractivity contribution in [3.05, 3.63) is 27.1 Å². The highest BCUT2D eigenvalue weighted by molar-refractivity contribution is 9.11. The number of rotatable bonds is 4. The van der Waals surface area contributed by atoms with E-state index in [0.717, 1.165) is 14.6 Å². The van der Waals surface area contributed by atoms with Crippen molar-refractivity contribution in [3.63, 3.8) is 0 Å². The molecule has 0 aliphatic carbocycles. The smallest absolute Gasteiger partial charge is 0.310 e. The molecule has 1 rings (SSSR count). The van der Waals surface area contributed by atoms with Gasteiger partial charge in [0.25, 0.3) is 0 Å². The van der Waals surface area contributed by atoms with Crippen LogP contribution in [0, 0.1) is 5.92 Å². The van der Waals surface area contributed by atoms with E-state index in [4.69, 9.17) is 0 Å². The normalized spacial score (nSPS) is 12.0. The fraction of sp³-hybridized carbons (Fsp3) is 0.364. The summed E-state index contributed by atoms with van der Waals surface area (Å²) in [6.45, 7) is 2.37. The van der Waals surface area contributed by atoms with Crippen LogP contribution in [0.2, 0.25) is 0 Å². The third-order valence-corrected chi connectivity index (χ3v) is 3.28. The van der Waals surface area contributed by atoms with Gasteiger partial charge in [0.1, 0.15) is 0 Å². The summed E-state index contributed by atoms with van der Waals surface area (Å²) in [5.41, 5.74) is 0.957. The van der Waals surface area contributed by atoms with Crippen molar-refractivity contribution in [3.8, 4) is 0 Å². The van der Waals surface area contributed by atoms with Crippen LogP contribution in [-0.4, -0.2) is 19.6 Å². The van der Waals surface area contributed by atoms with E-state index >= 15 is 0 Å². The van der Waals surface area contributed by atoms with Crippen LogP contribution in [0.15, 0.2) is 27.1 Å². The van der Waals surface area contributed by atoms with Gasteiger partial charge in [-0.15, -0.1) is 0 Å². The Hall–Kier alpha value is -0.550. The molecule has 0 heterocycles. The minimum absolute atomic E-state index is 0.166. The molecule has 1 N–H and O–H groups in total. The first kappa shape index (κ1) is 13.5. The fourth-order valence-electron chi connectivity index (χ4n) is 1.18. The molecule has 0 radical (unpaired) electrons. The summed E-state index contributed by atoms with van der Waals surface area (Å²) in [6.07, 6.45) is 0. The molecule has 0 fully saturated rings. The van der Waals surface area contributed by atoms with Gasteiger partial charge in [-0.05, 0) is 34.1 Å². The van der Waals surface area contributed by atoms with E-state index < -0.39 is 0 Å². The van der Waals surface area contributed by atoms with Gasteiger partial charge in [0, 0.05) is 21.2 Å². The average Bonchev–Trinajstić information content (AvgIpc) is 2.26. The Morgan fingerprint density at radius 1 is 1.50 bits per heavy atom. The fourth-order valence-corrected chi connectivity index (χ4v) is 2.37. The van der Waals surface area contributed by atoms with Gasteiger partial charge in [0.2, 0.25) is 0 Å². The molecule has 1 atom stereocenters. The van der Waals surface area contributed by atoms with E-state index in [1.165, 1.54) is 7.11 Å². The van der Waals surface area contributed by atoms with Crippen LogP contribution < -0.4 is 5.32 Å². The number of carbonyl (C=O) groups is 1. The Kier molecular flexibility index (Phi) is 5.28. The summed E-state index contributed by atoms with van der Waals surface area (Å²) in [5.74, 6) is -0.374. The molecule has 16 heavy (non-hydrogen) atoms. The summed E-state index contributed by atoms with van der Waals surface area (Å²) >= 11 is 6.82. The Morgan fingerprint density at radius 2 is 2.19 bits per heavy atom. The van der Waals surface area contributed by atoms with E-state index in [0.29, 0.717) is 6.54 Å². The highest BCUT2D eigenvalue weighted by Gasteiger charge is 2.12. The number of hydrogen-bond donors (Lipinski definition) is 1. The Bertz CT molecular complexity index is 382. The SMILES string of the molecule is COC(=O)C(C)CNc1ccc(Br)cc1Br. The van der Waals surface area contributed by atoms with Crippen LogP contribution in [0.3, 0.4) is 0 Å². The molecular weight excluding hydrogens is 338 g/mol. The molecule has 1 aromatic carbocycles. The molecule has 0 aromatic heterocycles. The first-order chi connectivity index (χ1) is 7.54. The summed E-state index contributed by atoms with van der Waals surface area (Å²) in [7, 11) is 1.40. The van der Waals surface area contributed by atoms with Crippen molar-refractivity contribution in [1.82, 2.24) is 0 Å². The first-order valence-corrected chi connectivity index (χ1v) is 6.40. The molecule has 0 spiro atoms. The van der Waals surface area contributed by atoms with Gasteiger partial charge >= 0.3 is 5.97 Å². The summed E-state index contributed by atoms with van der Waals surface area (Å²) in [5, 5.41) is 3.19. The van der Waals surface area contributed by atoms with Gasteiger partial charge in [0.15, 0.2) is 0 Å². The second-order valence-electron chi connectivity index (χ2n) is 3.43. The molecular formula is C11H13Br2NO2. The minimum atomic E-state index is -0.208. The van der Waals surface area contributed by atoms with Crippen LogP contribution in [0.25, 0.3) is 0 Å². The molecule has 0 aliphatic heterocycles. The van der Waals surface area contributed by atoms with Crippen molar-refractivity contribution in [2.75, 3.05) is 19.0 Å². The number of methoxy groups -OCH3 is 1. The molecule has 0 saturated heterocycles. The van der Waals surface area contributed by atoms with Crippen molar-refractivity contribution < 1.29 is 9.53 Å². The van der Waals surface area contributed by atoms with Gasteiger partial charge in [-0.2, -0.15) is 0 Å². The van der Waals surface area contributed by atoms with Crippen molar-refractivity contribution in [2.24, 2.45) is 5.92 Å². The number of ether oxygens (including phenoxy) is 1. The van der Waals surface area contributed by atoms with Gasteiger partial charge in [-0.3, -0.25) is 4.79 Å². The quantitative estimate of drug-likeness (QED) is 0.845.